The summed E-state index contributed by atoms with van der Waals surface area (Å²) < 4.78 is 11.5. The quantitative estimate of drug-likeness (QED) is 0.577. The molecule has 0 saturated heterocycles. The lowest BCUT2D eigenvalue weighted by Gasteiger charge is -2.30. The summed E-state index contributed by atoms with van der Waals surface area (Å²) in [6, 6.07) is 7.77. The molecule has 8 nitrogen and oxygen atoms in total. The molecule has 0 aliphatic heterocycles. The van der Waals surface area contributed by atoms with E-state index in [2.05, 4.69) is 20.3 Å². The smallest absolute Gasteiger partial charge is 0.342 e. The number of carbonyl (C=O) groups is 1. The van der Waals surface area contributed by atoms with Crippen LogP contribution in [0.25, 0.3) is 10.9 Å². The van der Waals surface area contributed by atoms with Crippen molar-refractivity contribution in [2.75, 3.05) is 17.7 Å². The van der Waals surface area contributed by atoms with Crippen LogP contribution >= 0.6 is 0 Å². The fourth-order valence-electron chi connectivity index (χ4n) is 4.06. The van der Waals surface area contributed by atoms with Crippen molar-refractivity contribution in [2.45, 2.75) is 51.7 Å². The van der Waals surface area contributed by atoms with Gasteiger partial charge in [-0.15, -0.1) is 0 Å². The lowest BCUT2D eigenvalue weighted by molar-refractivity contribution is 0.0526. The Morgan fingerprint density at radius 1 is 1.16 bits per heavy atom. The normalized spacial score (nSPS) is 18.5. The number of benzene rings is 1. The number of hydrogen-bond donors (Lipinski definition) is 2. The van der Waals surface area contributed by atoms with Crippen LogP contribution in [0.4, 0.5) is 11.6 Å². The summed E-state index contributed by atoms with van der Waals surface area (Å²) in [6.45, 7) is 3.81. The average Bonchev–Trinajstić information content (AvgIpc) is 2.76. The van der Waals surface area contributed by atoms with Crippen LogP contribution in [0, 0.1) is 6.92 Å². The Morgan fingerprint density at radius 2 is 1.90 bits per heavy atom. The second-order valence-electron chi connectivity index (χ2n) is 7.66. The topological polar surface area (TPSA) is 112 Å². The second kappa shape index (κ2) is 9.16. The van der Waals surface area contributed by atoms with Crippen LogP contribution in [0.2, 0.25) is 0 Å². The van der Waals surface area contributed by atoms with Gasteiger partial charge >= 0.3 is 5.97 Å². The van der Waals surface area contributed by atoms with E-state index in [1.54, 1.807) is 32.3 Å². The van der Waals surface area contributed by atoms with Gasteiger partial charge in [0, 0.05) is 18.4 Å². The summed E-state index contributed by atoms with van der Waals surface area (Å²) in [4.78, 5) is 25.5. The third kappa shape index (κ3) is 4.52. The summed E-state index contributed by atoms with van der Waals surface area (Å²) >= 11 is 0. The van der Waals surface area contributed by atoms with Gasteiger partial charge in [0.05, 0.1) is 35.0 Å². The molecule has 162 valence electrons. The first-order valence-corrected chi connectivity index (χ1v) is 10.6. The van der Waals surface area contributed by atoms with Crippen LogP contribution < -0.4 is 15.8 Å². The molecular formula is C23H27N5O3. The van der Waals surface area contributed by atoms with E-state index in [9.17, 15) is 4.79 Å². The predicted molar refractivity (Wildman–Crippen MR) is 119 cm³/mol. The van der Waals surface area contributed by atoms with E-state index in [0.29, 0.717) is 45.6 Å². The number of pyridine rings is 1. The Morgan fingerprint density at radius 3 is 2.61 bits per heavy atom. The molecule has 1 aromatic carbocycles. The van der Waals surface area contributed by atoms with Crippen LogP contribution in [0.5, 0.6) is 5.75 Å². The molecule has 1 aliphatic carbocycles. The van der Waals surface area contributed by atoms with Crippen molar-refractivity contribution in [3.63, 3.8) is 0 Å². The van der Waals surface area contributed by atoms with Crippen LogP contribution in [0.15, 0.2) is 36.7 Å². The first-order chi connectivity index (χ1) is 15.1. The van der Waals surface area contributed by atoms with Crippen LogP contribution in [-0.4, -0.2) is 39.7 Å². The maximum absolute atomic E-state index is 12.4. The van der Waals surface area contributed by atoms with Gasteiger partial charge < -0.3 is 20.5 Å². The predicted octanol–water partition coefficient (Wildman–Crippen LogP) is 3.89. The molecule has 2 aromatic heterocycles. The van der Waals surface area contributed by atoms with Crippen LogP contribution in [0.3, 0.4) is 0 Å². The third-order valence-corrected chi connectivity index (χ3v) is 5.54. The van der Waals surface area contributed by atoms with E-state index in [1.807, 2.05) is 18.2 Å². The van der Waals surface area contributed by atoms with Gasteiger partial charge in [-0.1, -0.05) is 6.07 Å². The number of rotatable bonds is 6. The number of nitrogens with one attached hydrogen (secondary N) is 1. The Kier molecular flexibility index (Phi) is 6.16. The molecule has 0 atom stereocenters. The van der Waals surface area contributed by atoms with Gasteiger partial charge in [-0.2, -0.15) is 0 Å². The standard InChI is InChI=1S/C23H27N5O3/c1-3-30-22(29)19-14(2)27-17-6-4-7-18(20(17)21(19)24)31-16-10-8-15(9-11-16)28-23-25-12-5-13-26-23/h4-7,12-13,15-16H,3,8-11H2,1-2H3,(H2,24,27)(H,25,26,28). The van der Waals surface area contributed by atoms with Gasteiger partial charge in [0.25, 0.3) is 0 Å². The van der Waals surface area contributed by atoms with Crippen LogP contribution in [0.1, 0.15) is 48.7 Å². The first-order valence-electron chi connectivity index (χ1n) is 10.6. The minimum Gasteiger partial charge on any atom is -0.490 e. The van der Waals surface area contributed by atoms with Gasteiger partial charge in [-0.3, -0.25) is 4.98 Å². The van der Waals surface area contributed by atoms with Crippen molar-refractivity contribution in [3.8, 4) is 5.75 Å². The molecule has 8 heteroatoms. The maximum Gasteiger partial charge on any atom is 0.342 e. The average molecular weight is 422 g/mol. The maximum atomic E-state index is 12.4. The summed E-state index contributed by atoms with van der Waals surface area (Å²) in [7, 11) is 0. The van der Waals surface area contributed by atoms with Gasteiger partial charge in [-0.05, 0) is 57.7 Å². The van der Waals surface area contributed by atoms with E-state index < -0.39 is 5.97 Å². The molecule has 3 N–H and O–H groups in total. The molecule has 0 bridgehead atoms. The Bertz CT molecular complexity index is 1070. The number of esters is 1. The number of hydrogen-bond acceptors (Lipinski definition) is 8. The number of carbonyl (C=O) groups excluding carboxylic acids is 1. The van der Waals surface area contributed by atoms with E-state index in [-0.39, 0.29) is 12.7 Å². The van der Waals surface area contributed by atoms with Crippen molar-refractivity contribution in [3.05, 3.63) is 47.9 Å². The summed E-state index contributed by atoms with van der Waals surface area (Å²) in [6.07, 6.45) is 7.22. The van der Waals surface area contributed by atoms with Crippen molar-refractivity contribution in [2.24, 2.45) is 0 Å². The minimum absolute atomic E-state index is 0.0621. The molecule has 3 aromatic rings. The number of nitrogen functional groups attached to an aromatic ring is 1. The lowest BCUT2D eigenvalue weighted by Crippen LogP contribution is -2.31. The molecule has 2 heterocycles. The number of ether oxygens (including phenoxy) is 2. The van der Waals surface area contributed by atoms with Crippen molar-refractivity contribution in [1.82, 2.24) is 15.0 Å². The van der Waals surface area contributed by atoms with E-state index in [1.165, 1.54) is 0 Å². The number of aromatic nitrogens is 3. The summed E-state index contributed by atoms with van der Waals surface area (Å²) in [5.41, 5.74) is 8.34. The molecule has 0 unspecified atom stereocenters. The Hall–Kier alpha value is -3.42. The summed E-state index contributed by atoms with van der Waals surface area (Å²) in [5, 5.41) is 4.04. The van der Waals surface area contributed by atoms with Crippen LogP contribution in [-0.2, 0) is 4.74 Å². The molecule has 31 heavy (non-hydrogen) atoms. The van der Waals surface area contributed by atoms with Crippen molar-refractivity contribution >= 4 is 28.5 Å². The molecular weight excluding hydrogens is 394 g/mol. The highest BCUT2D eigenvalue weighted by atomic mass is 16.5. The molecule has 1 saturated carbocycles. The molecule has 0 radical (unpaired) electrons. The van der Waals surface area contributed by atoms with Crippen molar-refractivity contribution in [1.29, 1.82) is 0 Å². The number of nitrogens with two attached hydrogens (primary N) is 1. The zero-order chi connectivity index (χ0) is 21.8. The fourth-order valence-corrected chi connectivity index (χ4v) is 4.06. The highest BCUT2D eigenvalue weighted by molar-refractivity contribution is 6.07. The zero-order valence-corrected chi connectivity index (χ0v) is 17.8. The van der Waals surface area contributed by atoms with E-state index in [0.717, 1.165) is 25.7 Å². The monoisotopic (exact) mass is 421 g/mol. The minimum atomic E-state index is -0.462. The molecule has 4 rings (SSSR count). The van der Waals surface area contributed by atoms with E-state index in [4.69, 9.17) is 15.2 Å². The highest BCUT2D eigenvalue weighted by Crippen LogP contribution is 2.36. The van der Waals surface area contributed by atoms with Gasteiger partial charge in [0.2, 0.25) is 5.95 Å². The zero-order valence-electron chi connectivity index (χ0n) is 17.8. The number of fused-ring (bicyclic) bond motifs is 1. The molecule has 1 fully saturated rings. The van der Waals surface area contributed by atoms with E-state index >= 15 is 0 Å². The highest BCUT2D eigenvalue weighted by Gasteiger charge is 2.25. The second-order valence-corrected chi connectivity index (χ2v) is 7.66. The Balaban J connectivity index is 1.51. The van der Waals surface area contributed by atoms with Gasteiger partial charge in [0.1, 0.15) is 11.3 Å². The molecule has 0 spiro atoms. The molecule has 1 aliphatic rings. The summed E-state index contributed by atoms with van der Waals surface area (Å²) in [5.74, 6) is 0.842. The van der Waals surface area contributed by atoms with Gasteiger partial charge in [0.15, 0.2) is 0 Å². The molecule has 0 amide bonds. The number of anilines is 2. The lowest BCUT2D eigenvalue weighted by atomic mass is 9.93. The number of aryl methyl sites for hydroxylation is 1. The number of nitrogens with zero attached hydrogens (tertiary/aromatic N) is 3. The fraction of sp³-hybridized carbons (Fsp3) is 0.391. The van der Waals surface area contributed by atoms with Gasteiger partial charge in [-0.25, -0.2) is 14.8 Å². The largest absolute Gasteiger partial charge is 0.490 e. The Labute approximate surface area is 181 Å². The first kappa shape index (κ1) is 20.8. The third-order valence-electron chi connectivity index (χ3n) is 5.54. The van der Waals surface area contributed by atoms with Crippen molar-refractivity contribution < 1.29 is 14.3 Å². The SMILES string of the molecule is CCOC(=O)c1c(C)nc2cccc(OC3CCC(Nc4ncccn4)CC3)c2c1N.